The lowest BCUT2D eigenvalue weighted by Gasteiger charge is -2.40. The molecule has 3 fully saturated rings. The van der Waals surface area contributed by atoms with Gasteiger partial charge in [-0.1, -0.05) is 45.8 Å². The van der Waals surface area contributed by atoms with Gasteiger partial charge in [-0.15, -0.1) is 24.9 Å². The van der Waals surface area contributed by atoms with Gasteiger partial charge in [0, 0.05) is 31.9 Å². The zero-order chi connectivity index (χ0) is 26.6. The fraction of sp³-hybridized carbons (Fsp3) is 0.750. The third-order valence-electron chi connectivity index (χ3n) is 8.08. The van der Waals surface area contributed by atoms with Crippen LogP contribution in [0.25, 0.3) is 0 Å². The lowest BCUT2D eigenvalue weighted by Crippen LogP contribution is -2.57. The number of likely N-dealkylation sites (tertiary alicyclic amines) is 1. The molecule has 3 amide bonds. The minimum atomic E-state index is -0.676. The number of aliphatic hydroxyl groups is 1. The molecule has 3 aliphatic heterocycles. The second-order valence-corrected chi connectivity index (χ2v) is 12.7. The molecule has 1 spiro atoms. The van der Waals surface area contributed by atoms with Gasteiger partial charge >= 0.3 is 0 Å². The topological polar surface area (TPSA) is 81.2 Å². The summed E-state index contributed by atoms with van der Waals surface area (Å²) < 4.78 is -0.636. The van der Waals surface area contributed by atoms with Crippen molar-refractivity contribution in [1.82, 2.24) is 14.7 Å². The van der Waals surface area contributed by atoms with Crippen LogP contribution in [0.3, 0.4) is 0 Å². The van der Waals surface area contributed by atoms with Gasteiger partial charge < -0.3 is 19.8 Å². The maximum atomic E-state index is 14.3. The van der Waals surface area contributed by atoms with Gasteiger partial charge in [-0.25, -0.2) is 0 Å². The van der Waals surface area contributed by atoms with Crippen LogP contribution in [0.2, 0.25) is 0 Å². The number of unbranched alkanes of at least 4 members (excludes halogenated alkanes) is 2. The smallest absolute Gasteiger partial charge is 0.247 e. The fourth-order valence-electron chi connectivity index (χ4n) is 6.58. The average molecular weight is 520 g/mol. The van der Waals surface area contributed by atoms with Gasteiger partial charge in [0.05, 0.1) is 29.2 Å². The van der Waals surface area contributed by atoms with E-state index in [4.69, 9.17) is 0 Å². The highest BCUT2D eigenvalue weighted by atomic mass is 32.2. The number of nitrogens with zero attached hydrogens (tertiary/aromatic N) is 3. The Bertz CT molecular complexity index is 849. The Kier molecular flexibility index (Phi) is 9.72. The quantitative estimate of drug-likeness (QED) is 0.281. The van der Waals surface area contributed by atoms with Crippen LogP contribution in [-0.2, 0) is 14.4 Å². The first-order valence-electron chi connectivity index (χ1n) is 13.5. The standard InChI is InChI=1S/C28H45N3O4S/c1-7-10-11-16-30(15-9-3)27(35)24-28-13-12-21(36-28)22(25(33)29(6)14-8-2)23(28)26(34)31(24)20(18-32)17-19(4)5/h8-9,19-24,32H,2-3,7,10-18H2,1,4-6H3/t20-,21+,22-,23+,24?,28?/m1/s1. The fourth-order valence-corrected chi connectivity index (χ4v) is 8.77. The minimum Gasteiger partial charge on any atom is -0.394 e. The van der Waals surface area contributed by atoms with E-state index in [1.54, 1.807) is 40.8 Å². The lowest BCUT2D eigenvalue weighted by atomic mass is 9.70. The van der Waals surface area contributed by atoms with Crippen LogP contribution < -0.4 is 0 Å². The molecule has 6 atom stereocenters. The molecule has 8 heteroatoms. The first-order chi connectivity index (χ1) is 17.2. The molecule has 3 saturated heterocycles. The van der Waals surface area contributed by atoms with Gasteiger partial charge in [0.15, 0.2) is 0 Å². The van der Waals surface area contributed by atoms with E-state index in [1.165, 1.54) is 0 Å². The zero-order valence-electron chi connectivity index (χ0n) is 22.5. The summed E-state index contributed by atoms with van der Waals surface area (Å²) in [5.74, 6) is -0.997. The molecule has 7 nitrogen and oxygen atoms in total. The van der Waals surface area contributed by atoms with E-state index < -0.39 is 28.7 Å². The summed E-state index contributed by atoms with van der Waals surface area (Å²) in [4.78, 5) is 47.3. The van der Waals surface area contributed by atoms with Crippen molar-refractivity contribution in [2.75, 3.05) is 33.3 Å². The second-order valence-electron chi connectivity index (χ2n) is 11.1. The highest BCUT2D eigenvalue weighted by molar-refractivity contribution is 8.02. The molecule has 3 heterocycles. The van der Waals surface area contributed by atoms with Crippen LogP contribution in [0, 0.1) is 17.8 Å². The van der Waals surface area contributed by atoms with Crippen molar-refractivity contribution < 1.29 is 19.5 Å². The summed E-state index contributed by atoms with van der Waals surface area (Å²) in [6.45, 7) is 15.1. The maximum Gasteiger partial charge on any atom is 0.247 e. The Hall–Kier alpha value is -1.80. The van der Waals surface area contributed by atoms with Gasteiger partial charge in [0.2, 0.25) is 17.7 Å². The van der Waals surface area contributed by atoms with E-state index in [0.29, 0.717) is 26.1 Å². The summed E-state index contributed by atoms with van der Waals surface area (Å²) in [6.07, 6.45) is 8.56. The Labute approximate surface area is 221 Å². The van der Waals surface area contributed by atoms with Crippen molar-refractivity contribution in [3.05, 3.63) is 25.3 Å². The zero-order valence-corrected chi connectivity index (χ0v) is 23.3. The number of carbonyl (C=O) groups excluding carboxylic acids is 3. The number of aliphatic hydroxyl groups excluding tert-OH is 1. The summed E-state index contributed by atoms with van der Waals surface area (Å²) in [5, 5.41) is 10.4. The van der Waals surface area contributed by atoms with E-state index >= 15 is 0 Å². The molecule has 202 valence electrons. The first-order valence-corrected chi connectivity index (χ1v) is 14.4. The Morgan fingerprint density at radius 3 is 2.50 bits per heavy atom. The van der Waals surface area contributed by atoms with E-state index in [0.717, 1.165) is 32.1 Å². The number of carbonyl (C=O) groups is 3. The molecule has 0 radical (unpaired) electrons. The third-order valence-corrected chi connectivity index (χ3v) is 10.0. The molecule has 2 unspecified atom stereocenters. The monoisotopic (exact) mass is 519 g/mol. The predicted octanol–water partition coefficient (Wildman–Crippen LogP) is 3.33. The Balaban J connectivity index is 2.05. The van der Waals surface area contributed by atoms with Crippen LogP contribution in [0.5, 0.6) is 0 Å². The van der Waals surface area contributed by atoms with E-state index in [9.17, 15) is 19.5 Å². The lowest BCUT2D eigenvalue weighted by molar-refractivity contribution is -0.147. The number of likely N-dealkylation sites (N-methyl/N-ethyl adjacent to an activating group) is 1. The van der Waals surface area contributed by atoms with Crippen LogP contribution in [-0.4, -0.2) is 92.9 Å². The van der Waals surface area contributed by atoms with Crippen molar-refractivity contribution in [3.63, 3.8) is 0 Å². The van der Waals surface area contributed by atoms with E-state index in [1.807, 2.05) is 4.90 Å². The van der Waals surface area contributed by atoms with E-state index in [-0.39, 0.29) is 35.5 Å². The minimum absolute atomic E-state index is 0.0294. The van der Waals surface area contributed by atoms with E-state index in [2.05, 4.69) is 33.9 Å². The maximum absolute atomic E-state index is 14.3. The Morgan fingerprint density at radius 1 is 1.22 bits per heavy atom. The number of fused-ring (bicyclic) bond motifs is 1. The Morgan fingerprint density at radius 2 is 1.92 bits per heavy atom. The van der Waals surface area contributed by atoms with Gasteiger partial charge in [0.25, 0.3) is 0 Å². The number of amides is 3. The average Bonchev–Trinajstić information content (AvgIpc) is 3.48. The predicted molar refractivity (Wildman–Crippen MR) is 145 cm³/mol. The summed E-state index contributed by atoms with van der Waals surface area (Å²) in [6, 6.07) is -1.13. The summed E-state index contributed by atoms with van der Waals surface area (Å²) >= 11 is 1.69. The molecular weight excluding hydrogens is 474 g/mol. The van der Waals surface area contributed by atoms with Gasteiger partial charge in [0.1, 0.15) is 6.04 Å². The number of thioether (sulfide) groups is 1. The van der Waals surface area contributed by atoms with Crippen LogP contribution in [0.15, 0.2) is 25.3 Å². The molecule has 0 aromatic heterocycles. The van der Waals surface area contributed by atoms with Gasteiger partial charge in [-0.3, -0.25) is 14.4 Å². The second kappa shape index (κ2) is 12.2. The van der Waals surface area contributed by atoms with Crippen molar-refractivity contribution in [2.45, 2.75) is 81.4 Å². The SMILES string of the molecule is C=CCN(C)C(=O)[C@@H]1[C@@H]2CCC3(S2)C(C(=O)N(CC=C)CCCCC)N([C@@H](CO)CC(C)C)C(=O)[C@H]13. The molecule has 3 aliphatic rings. The molecule has 2 bridgehead atoms. The first kappa shape index (κ1) is 28.8. The highest BCUT2D eigenvalue weighted by Gasteiger charge is 2.74. The number of rotatable bonds is 14. The van der Waals surface area contributed by atoms with Crippen LogP contribution in [0.4, 0.5) is 0 Å². The molecule has 3 rings (SSSR count). The van der Waals surface area contributed by atoms with Crippen LogP contribution >= 0.6 is 11.8 Å². The van der Waals surface area contributed by atoms with Gasteiger partial charge in [-0.2, -0.15) is 0 Å². The van der Waals surface area contributed by atoms with Crippen LogP contribution in [0.1, 0.15) is 59.3 Å². The highest BCUT2D eigenvalue weighted by Crippen LogP contribution is 2.67. The van der Waals surface area contributed by atoms with Crippen molar-refractivity contribution in [1.29, 1.82) is 0 Å². The largest absolute Gasteiger partial charge is 0.394 e. The van der Waals surface area contributed by atoms with Crippen molar-refractivity contribution >= 4 is 29.5 Å². The summed E-state index contributed by atoms with van der Waals surface area (Å²) in [5.41, 5.74) is 0. The molecule has 0 aliphatic carbocycles. The summed E-state index contributed by atoms with van der Waals surface area (Å²) in [7, 11) is 1.75. The normalized spacial score (nSPS) is 29.4. The number of hydrogen-bond acceptors (Lipinski definition) is 5. The van der Waals surface area contributed by atoms with Crippen molar-refractivity contribution in [3.8, 4) is 0 Å². The molecule has 36 heavy (non-hydrogen) atoms. The molecular formula is C28H45N3O4S. The van der Waals surface area contributed by atoms with Crippen molar-refractivity contribution in [2.24, 2.45) is 17.8 Å². The van der Waals surface area contributed by atoms with Gasteiger partial charge in [-0.05, 0) is 31.6 Å². The number of hydrogen-bond donors (Lipinski definition) is 1. The molecule has 0 saturated carbocycles. The molecule has 0 aromatic carbocycles. The molecule has 0 aromatic rings. The molecule has 1 N–H and O–H groups in total. The third kappa shape index (κ3) is 5.13.